The van der Waals surface area contributed by atoms with Crippen molar-refractivity contribution in [3.8, 4) is 0 Å². The molecular weight excluding hydrogens is 431 g/mol. The van der Waals surface area contributed by atoms with Gasteiger partial charge in [-0.1, -0.05) is 53.9 Å². The molecule has 0 heterocycles. The summed E-state index contributed by atoms with van der Waals surface area (Å²) < 4.78 is 22.2. The van der Waals surface area contributed by atoms with Crippen LogP contribution in [0.15, 0.2) is 0 Å². The lowest BCUT2D eigenvalue weighted by molar-refractivity contribution is -0.128. The van der Waals surface area contributed by atoms with Gasteiger partial charge in [-0.25, -0.2) is 4.57 Å². The molecule has 0 spiro atoms. The first-order valence-corrected chi connectivity index (χ1v) is 15.6. The summed E-state index contributed by atoms with van der Waals surface area (Å²) in [6, 6.07) is 0. The summed E-state index contributed by atoms with van der Waals surface area (Å²) in [5.74, 6) is 5.85. The van der Waals surface area contributed by atoms with Crippen LogP contribution in [-0.2, 0) is 13.6 Å². The van der Waals surface area contributed by atoms with Crippen molar-refractivity contribution in [1.29, 1.82) is 0 Å². The minimum Gasteiger partial charge on any atom is -0.302 e. The van der Waals surface area contributed by atoms with E-state index in [0.717, 1.165) is 54.8 Å². The summed E-state index contributed by atoms with van der Waals surface area (Å²) in [7, 11) is -2.63. The zero-order valence-corrected chi connectivity index (χ0v) is 23.1. The molecule has 33 heavy (non-hydrogen) atoms. The fraction of sp³-hybridized carbons (Fsp3) is 1.00. The van der Waals surface area contributed by atoms with Gasteiger partial charge in [0.25, 0.3) is 0 Å². The van der Waals surface area contributed by atoms with Gasteiger partial charge in [-0.3, -0.25) is 9.05 Å². The minimum absolute atomic E-state index is 0.133. The number of hydrogen-bond acceptors (Lipinski definition) is 3. The van der Waals surface area contributed by atoms with Crippen molar-refractivity contribution in [1.82, 2.24) is 0 Å². The maximum atomic E-state index is 12.0. The first-order chi connectivity index (χ1) is 15.5. The van der Waals surface area contributed by atoms with Crippen LogP contribution in [0.2, 0.25) is 0 Å². The van der Waals surface area contributed by atoms with Crippen LogP contribution >= 0.6 is 7.82 Å². The van der Waals surface area contributed by atoms with Crippen molar-refractivity contribution >= 4 is 7.82 Å². The van der Waals surface area contributed by atoms with Crippen LogP contribution in [0.5, 0.6) is 0 Å². The Bertz CT molecular complexity index is 725. The maximum absolute atomic E-state index is 12.0. The zero-order valence-electron chi connectivity index (χ0n) is 22.2. The second kappa shape index (κ2) is 9.87. The molecule has 10 atom stereocenters. The number of rotatable bonds is 8. The summed E-state index contributed by atoms with van der Waals surface area (Å²) in [5, 5.41) is 0. The van der Waals surface area contributed by atoms with Crippen LogP contribution in [-0.4, -0.2) is 18.1 Å². The molecule has 1 unspecified atom stereocenters. The molecule has 0 radical (unpaired) electrons. The van der Waals surface area contributed by atoms with Gasteiger partial charge in [0.15, 0.2) is 0 Å². The predicted molar refractivity (Wildman–Crippen MR) is 135 cm³/mol. The number of hydrogen-bond donors (Lipinski definition) is 1. The SMILES string of the molecule is COP(=O)(O)O[C@H]1CC[C@@]2(C)[C@@H](CC[C@@H]3[C@@H]2CC[C@]2(C)[C@@H]([C@H](C)CCCC(C)C)CC[C@@H]32)C1. The Labute approximate surface area is 203 Å². The third kappa shape index (κ3) is 5.03. The van der Waals surface area contributed by atoms with Gasteiger partial charge in [0.05, 0.1) is 6.10 Å². The summed E-state index contributed by atoms with van der Waals surface area (Å²) in [6.45, 7) is 12.5. The Morgan fingerprint density at radius 2 is 1.64 bits per heavy atom. The number of fused-ring (bicyclic) bond motifs is 5. The summed E-state index contributed by atoms with van der Waals surface area (Å²) >= 11 is 0. The number of phosphoric acid groups is 1. The van der Waals surface area contributed by atoms with E-state index in [4.69, 9.17) is 9.05 Å². The second-order valence-electron chi connectivity index (χ2n) is 13.3. The maximum Gasteiger partial charge on any atom is 0.472 e. The highest BCUT2D eigenvalue weighted by Crippen LogP contribution is 2.68. The van der Waals surface area contributed by atoms with Crippen molar-refractivity contribution in [3.63, 3.8) is 0 Å². The van der Waals surface area contributed by atoms with Gasteiger partial charge >= 0.3 is 7.82 Å². The van der Waals surface area contributed by atoms with Crippen LogP contribution in [0.1, 0.15) is 112 Å². The molecule has 4 fully saturated rings. The van der Waals surface area contributed by atoms with E-state index >= 15 is 0 Å². The van der Waals surface area contributed by atoms with E-state index in [0.29, 0.717) is 16.7 Å². The second-order valence-corrected chi connectivity index (χ2v) is 14.9. The molecule has 4 rings (SSSR count). The van der Waals surface area contributed by atoms with Gasteiger partial charge in [0.2, 0.25) is 0 Å². The molecule has 5 heteroatoms. The Morgan fingerprint density at radius 3 is 2.33 bits per heavy atom. The van der Waals surface area contributed by atoms with E-state index in [2.05, 4.69) is 34.6 Å². The van der Waals surface area contributed by atoms with E-state index in [1.807, 2.05) is 0 Å². The molecule has 4 saturated carbocycles. The Balaban J connectivity index is 1.42. The summed E-state index contributed by atoms with van der Waals surface area (Å²) in [5.41, 5.74) is 0.918. The van der Waals surface area contributed by atoms with Gasteiger partial charge in [0.1, 0.15) is 0 Å². The first-order valence-electron chi connectivity index (χ1n) is 14.1. The monoisotopic (exact) mass is 482 g/mol. The molecular formula is C28H51O4P. The molecule has 4 aliphatic carbocycles. The van der Waals surface area contributed by atoms with Crippen molar-refractivity contribution in [2.75, 3.05) is 7.11 Å². The fourth-order valence-corrected chi connectivity index (χ4v) is 10.2. The van der Waals surface area contributed by atoms with Crippen LogP contribution in [0.4, 0.5) is 0 Å². The van der Waals surface area contributed by atoms with Gasteiger partial charge < -0.3 is 4.89 Å². The van der Waals surface area contributed by atoms with Gasteiger partial charge in [0, 0.05) is 7.11 Å². The van der Waals surface area contributed by atoms with E-state index in [1.165, 1.54) is 64.9 Å². The molecule has 192 valence electrons. The fourth-order valence-electron chi connectivity index (χ4n) is 9.57. The first kappa shape index (κ1) is 26.2. The minimum atomic E-state index is -3.89. The molecule has 0 aliphatic heterocycles. The molecule has 4 nitrogen and oxygen atoms in total. The Kier molecular flexibility index (Phi) is 7.83. The Hall–Kier alpha value is 0.110. The molecule has 0 bridgehead atoms. The molecule has 0 aromatic rings. The van der Waals surface area contributed by atoms with Crippen molar-refractivity contribution in [2.24, 2.45) is 52.3 Å². The van der Waals surface area contributed by atoms with Crippen molar-refractivity contribution < 1.29 is 18.5 Å². The van der Waals surface area contributed by atoms with E-state index in [1.54, 1.807) is 0 Å². The third-order valence-corrected chi connectivity index (χ3v) is 12.4. The lowest BCUT2D eigenvalue weighted by Crippen LogP contribution is -2.54. The van der Waals surface area contributed by atoms with E-state index in [9.17, 15) is 9.46 Å². The molecule has 0 saturated heterocycles. The smallest absolute Gasteiger partial charge is 0.302 e. The van der Waals surface area contributed by atoms with Gasteiger partial charge in [-0.15, -0.1) is 0 Å². The van der Waals surface area contributed by atoms with Crippen LogP contribution in [0, 0.1) is 52.3 Å². The predicted octanol–water partition coefficient (Wildman–Crippen LogP) is 8.24. The highest BCUT2D eigenvalue weighted by atomic mass is 31.2. The molecule has 4 aliphatic rings. The van der Waals surface area contributed by atoms with Crippen LogP contribution in [0.3, 0.4) is 0 Å². The van der Waals surface area contributed by atoms with E-state index in [-0.39, 0.29) is 6.10 Å². The molecule has 0 aromatic carbocycles. The van der Waals surface area contributed by atoms with Crippen LogP contribution < -0.4 is 0 Å². The molecule has 1 N–H and O–H groups in total. The third-order valence-electron chi connectivity index (χ3n) is 11.3. The zero-order chi connectivity index (χ0) is 24.0. The Morgan fingerprint density at radius 1 is 0.939 bits per heavy atom. The summed E-state index contributed by atoms with van der Waals surface area (Å²) in [6.07, 6.45) is 15.3. The van der Waals surface area contributed by atoms with E-state index < -0.39 is 7.82 Å². The average molecular weight is 483 g/mol. The highest BCUT2D eigenvalue weighted by molar-refractivity contribution is 7.47. The molecule has 0 amide bonds. The van der Waals surface area contributed by atoms with Crippen LogP contribution in [0.25, 0.3) is 0 Å². The van der Waals surface area contributed by atoms with Gasteiger partial charge in [-0.05, 0) is 110 Å². The van der Waals surface area contributed by atoms with Crippen molar-refractivity contribution in [2.45, 2.75) is 118 Å². The lowest BCUT2D eigenvalue weighted by Gasteiger charge is -2.61. The quantitative estimate of drug-likeness (QED) is 0.354. The lowest BCUT2D eigenvalue weighted by atomic mass is 9.44. The topological polar surface area (TPSA) is 55.8 Å². The molecule has 0 aromatic heterocycles. The van der Waals surface area contributed by atoms with Gasteiger partial charge in [-0.2, -0.15) is 0 Å². The number of phosphoric ester groups is 1. The normalized spacial score (nSPS) is 45.7. The van der Waals surface area contributed by atoms with Crippen molar-refractivity contribution in [3.05, 3.63) is 0 Å². The summed E-state index contributed by atoms with van der Waals surface area (Å²) in [4.78, 5) is 9.82. The standard InChI is InChI=1S/C28H51O4P/c1-19(2)8-7-9-20(3)24-12-13-25-23-11-10-21-18-22(32-33(29,30)31-6)14-16-27(21,4)26(23)15-17-28(24,25)5/h19-26H,7-18H2,1-6H3,(H,29,30)/t20-,21+,22+,23+,24-,25+,26+,27+,28-/m1/s1. The largest absolute Gasteiger partial charge is 0.472 e. The average Bonchev–Trinajstić information content (AvgIpc) is 3.11. The highest BCUT2D eigenvalue weighted by Gasteiger charge is 2.60.